The van der Waals surface area contributed by atoms with Gasteiger partial charge in [-0.05, 0) is 61.4 Å². The molecule has 6 heteroatoms. The van der Waals surface area contributed by atoms with Crippen molar-refractivity contribution in [2.75, 3.05) is 6.54 Å². The highest BCUT2D eigenvalue weighted by atomic mass is 16.2. The minimum atomic E-state index is -0.391. The van der Waals surface area contributed by atoms with Gasteiger partial charge in [0, 0.05) is 24.3 Å². The Balaban J connectivity index is 1.24. The molecule has 1 N–H and O–H groups in total. The topological polar surface area (TPSA) is 67.2 Å². The number of hydrogen-bond donors (Lipinski definition) is 1. The second-order valence-electron chi connectivity index (χ2n) is 9.11. The van der Waals surface area contributed by atoms with E-state index in [9.17, 15) is 9.59 Å². The molecule has 33 heavy (non-hydrogen) atoms. The third kappa shape index (κ3) is 4.56. The number of carbonyl (C=O) groups excluding carboxylic acids is 2. The van der Waals surface area contributed by atoms with Crippen LogP contribution in [0.4, 0.5) is 0 Å². The molecular weight excluding hydrogens is 412 g/mol. The molecule has 2 aliphatic rings. The number of hydrogen-bond acceptors (Lipinski definition) is 3. The largest absolute Gasteiger partial charge is 0.354 e. The predicted molar refractivity (Wildman–Crippen MR) is 127 cm³/mol. The highest BCUT2D eigenvalue weighted by Crippen LogP contribution is 2.40. The zero-order valence-electron chi connectivity index (χ0n) is 18.8. The normalized spacial score (nSPS) is 22.1. The van der Waals surface area contributed by atoms with E-state index in [2.05, 4.69) is 10.4 Å². The molecule has 0 bridgehead atoms. The van der Waals surface area contributed by atoms with Gasteiger partial charge in [0.05, 0.1) is 11.9 Å². The lowest BCUT2D eigenvalue weighted by atomic mass is 9.84. The summed E-state index contributed by atoms with van der Waals surface area (Å²) in [5.41, 5.74) is 2.74. The standard InChI is InChI=1S/C27H30N4O2/c32-26(28-16-15-20-18-29-30(19-20)23-12-5-2-6-13-23)25-17-22-11-7-8-14-24(22)31(25)27(33)21-9-3-1-4-10-21/h1-6,9-10,12-13,18-19,22,24-25H,7-8,11,14-17H2,(H,28,32). The highest BCUT2D eigenvalue weighted by Gasteiger charge is 2.47. The molecule has 2 amide bonds. The molecule has 3 unspecified atom stereocenters. The quantitative estimate of drug-likeness (QED) is 0.627. The molecule has 0 radical (unpaired) electrons. The minimum absolute atomic E-state index is 0.0192. The number of fused-ring (bicyclic) bond motifs is 1. The summed E-state index contributed by atoms with van der Waals surface area (Å²) in [6, 6.07) is 19.1. The van der Waals surface area contributed by atoms with Crippen LogP contribution in [0, 0.1) is 5.92 Å². The Kier molecular flexibility index (Phi) is 6.24. The second kappa shape index (κ2) is 9.61. The predicted octanol–water partition coefficient (Wildman–Crippen LogP) is 4.00. The van der Waals surface area contributed by atoms with Crippen molar-refractivity contribution < 1.29 is 9.59 Å². The SMILES string of the molecule is O=C(NCCc1cnn(-c2ccccc2)c1)C1CC2CCCCC2N1C(=O)c1ccccc1. The van der Waals surface area contributed by atoms with Crippen LogP contribution in [0.15, 0.2) is 73.1 Å². The molecule has 5 rings (SSSR count). The van der Waals surface area contributed by atoms with Crippen LogP contribution < -0.4 is 5.32 Å². The van der Waals surface area contributed by atoms with Crippen LogP contribution in [0.1, 0.15) is 48.0 Å². The molecule has 0 spiro atoms. The van der Waals surface area contributed by atoms with E-state index in [1.807, 2.05) is 82.6 Å². The van der Waals surface area contributed by atoms with Gasteiger partial charge in [-0.25, -0.2) is 4.68 Å². The first-order chi connectivity index (χ1) is 16.2. The smallest absolute Gasteiger partial charge is 0.254 e. The summed E-state index contributed by atoms with van der Waals surface area (Å²) in [6.45, 7) is 0.526. The number of likely N-dealkylation sites (tertiary alicyclic amines) is 1. The van der Waals surface area contributed by atoms with E-state index in [4.69, 9.17) is 0 Å². The Morgan fingerprint density at radius 2 is 1.70 bits per heavy atom. The van der Waals surface area contributed by atoms with Gasteiger partial charge in [0.2, 0.25) is 5.91 Å². The Labute approximate surface area is 194 Å². The fraction of sp³-hybridized carbons (Fsp3) is 0.370. The molecule has 2 heterocycles. The third-order valence-electron chi connectivity index (χ3n) is 7.02. The molecule has 170 valence electrons. The molecule has 1 aromatic heterocycles. The summed E-state index contributed by atoms with van der Waals surface area (Å²) in [5, 5.41) is 7.53. The average molecular weight is 443 g/mol. The summed E-state index contributed by atoms with van der Waals surface area (Å²) >= 11 is 0. The van der Waals surface area contributed by atoms with Crippen molar-refractivity contribution in [1.82, 2.24) is 20.0 Å². The zero-order chi connectivity index (χ0) is 22.6. The molecule has 3 aromatic rings. The van der Waals surface area contributed by atoms with Crippen molar-refractivity contribution >= 4 is 11.8 Å². The van der Waals surface area contributed by atoms with Crippen molar-refractivity contribution in [3.05, 3.63) is 84.2 Å². The fourth-order valence-electron chi connectivity index (χ4n) is 5.37. The molecule has 1 saturated carbocycles. The van der Waals surface area contributed by atoms with Crippen LogP contribution in [0.3, 0.4) is 0 Å². The fourth-order valence-corrected chi connectivity index (χ4v) is 5.37. The minimum Gasteiger partial charge on any atom is -0.354 e. The van der Waals surface area contributed by atoms with Crippen molar-refractivity contribution in [2.45, 2.75) is 50.6 Å². The molecule has 2 fully saturated rings. The van der Waals surface area contributed by atoms with E-state index < -0.39 is 6.04 Å². The van der Waals surface area contributed by atoms with Gasteiger partial charge in [0.15, 0.2) is 0 Å². The lowest BCUT2D eigenvalue weighted by Crippen LogP contribution is -2.49. The van der Waals surface area contributed by atoms with Crippen LogP contribution in [0.5, 0.6) is 0 Å². The van der Waals surface area contributed by atoms with Crippen molar-refractivity contribution in [1.29, 1.82) is 0 Å². The van der Waals surface area contributed by atoms with Gasteiger partial charge in [-0.1, -0.05) is 49.2 Å². The first-order valence-corrected chi connectivity index (χ1v) is 11.9. The van der Waals surface area contributed by atoms with Crippen LogP contribution in [0.2, 0.25) is 0 Å². The molecule has 2 aromatic carbocycles. The second-order valence-corrected chi connectivity index (χ2v) is 9.11. The Bertz CT molecular complexity index is 1100. The highest BCUT2D eigenvalue weighted by molar-refractivity contribution is 5.98. The van der Waals surface area contributed by atoms with Gasteiger partial charge in [0.25, 0.3) is 5.91 Å². The number of nitrogens with one attached hydrogen (secondary N) is 1. The van der Waals surface area contributed by atoms with Crippen molar-refractivity contribution in [3.63, 3.8) is 0 Å². The van der Waals surface area contributed by atoms with E-state index >= 15 is 0 Å². The molecule has 1 saturated heterocycles. The summed E-state index contributed by atoms with van der Waals surface area (Å²) < 4.78 is 1.85. The maximum atomic E-state index is 13.4. The number of amides is 2. The lowest BCUT2D eigenvalue weighted by Gasteiger charge is -2.33. The summed E-state index contributed by atoms with van der Waals surface area (Å²) in [4.78, 5) is 28.5. The number of benzene rings is 2. The summed E-state index contributed by atoms with van der Waals surface area (Å²) in [7, 11) is 0. The number of nitrogens with zero attached hydrogens (tertiary/aromatic N) is 3. The monoisotopic (exact) mass is 442 g/mol. The molecular formula is C27H30N4O2. The van der Waals surface area contributed by atoms with E-state index in [1.165, 1.54) is 6.42 Å². The Hall–Kier alpha value is -3.41. The van der Waals surface area contributed by atoms with Gasteiger partial charge < -0.3 is 10.2 Å². The lowest BCUT2D eigenvalue weighted by molar-refractivity contribution is -0.125. The van der Waals surface area contributed by atoms with E-state index in [0.29, 0.717) is 24.4 Å². The van der Waals surface area contributed by atoms with Gasteiger partial charge in [0.1, 0.15) is 6.04 Å². The number of para-hydroxylation sites is 1. The molecule has 6 nitrogen and oxygen atoms in total. The number of rotatable bonds is 6. The Morgan fingerprint density at radius 3 is 2.48 bits per heavy atom. The van der Waals surface area contributed by atoms with E-state index in [1.54, 1.807) is 0 Å². The third-order valence-corrected chi connectivity index (χ3v) is 7.02. The number of carbonyl (C=O) groups is 2. The van der Waals surface area contributed by atoms with E-state index in [-0.39, 0.29) is 17.9 Å². The summed E-state index contributed by atoms with van der Waals surface area (Å²) in [6.07, 6.45) is 9.71. The van der Waals surface area contributed by atoms with Gasteiger partial charge in [-0.3, -0.25) is 9.59 Å². The van der Waals surface area contributed by atoms with Crippen molar-refractivity contribution in [2.24, 2.45) is 5.92 Å². The first kappa shape index (κ1) is 21.4. The van der Waals surface area contributed by atoms with Gasteiger partial charge in [-0.2, -0.15) is 5.10 Å². The summed E-state index contributed by atoms with van der Waals surface area (Å²) in [5.74, 6) is 0.365. The van der Waals surface area contributed by atoms with Crippen LogP contribution >= 0.6 is 0 Å². The van der Waals surface area contributed by atoms with Crippen LogP contribution in [-0.4, -0.2) is 45.1 Å². The van der Waals surface area contributed by atoms with E-state index in [0.717, 1.165) is 36.9 Å². The number of aromatic nitrogens is 2. The average Bonchev–Trinajstić information content (AvgIpc) is 3.50. The Morgan fingerprint density at radius 1 is 0.970 bits per heavy atom. The molecule has 1 aliphatic heterocycles. The molecule has 1 aliphatic carbocycles. The van der Waals surface area contributed by atoms with Crippen LogP contribution in [0.25, 0.3) is 5.69 Å². The van der Waals surface area contributed by atoms with Gasteiger partial charge >= 0.3 is 0 Å². The maximum Gasteiger partial charge on any atom is 0.254 e. The molecule has 3 atom stereocenters. The van der Waals surface area contributed by atoms with Crippen molar-refractivity contribution in [3.8, 4) is 5.69 Å². The first-order valence-electron chi connectivity index (χ1n) is 11.9. The van der Waals surface area contributed by atoms with Crippen LogP contribution in [-0.2, 0) is 11.2 Å². The zero-order valence-corrected chi connectivity index (χ0v) is 18.8. The maximum absolute atomic E-state index is 13.4. The van der Waals surface area contributed by atoms with Gasteiger partial charge in [-0.15, -0.1) is 0 Å².